The number of carbonyl (C=O) groups excluding carboxylic acids is 1. The van der Waals surface area contributed by atoms with Crippen LogP contribution in [-0.2, 0) is 6.54 Å². The highest BCUT2D eigenvalue weighted by Crippen LogP contribution is 2.22. The molecular formula is C15H9Br2FN2O. The molecule has 3 nitrogen and oxygen atoms in total. The molecule has 21 heavy (non-hydrogen) atoms. The van der Waals surface area contributed by atoms with Crippen molar-refractivity contribution in [2.24, 2.45) is 0 Å². The van der Waals surface area contributed by atoms with E-state index in [1.807, 2.05) is 6.07 Å². The van der Waals surface area contributed by atoms with Gasteiger partial charge in [-0.25, -0.2) is 4.39 Å². The number of hydrogen-bond donors (Lipinski definition) is 1. The summed E-state index contributed by atoms with van der Waals surface area (Å²) in [5, 5.41) is 11.3. The number of hydrogen-bond acceptors (Lipinski definition) is 2. The second-order valence-electron chi connectivity index (χ2n) is 4.22. The maximum Gasteiger partial charge on any atom is 0.252 e. The number of halogens is 3. The lowest BCUT2D eigenvalue weighted by molar-refractivity contribution is 0.0950. The molecule has 0 aliphatic carbocycles. The van der Waals surface area contributed by atoms with Gasteiger partial charge in [-0.15, -0.1) is 0 Å². The second kappa shape index (κ2) is 6.83. The molecule has 2 aromatic carbocycles. The zero-order valence-electron chi connectivity index (χ0n) is 10.7. The van der Waals surface area contributed by atoms with E-state index in [0.29, 0.717) is 15.6 Å². The fraction of sp³-hybridized carbons (Fsp3) is 0.0667. The lowest BCUT2D eigenvalue weighted by atomic mass is 10.1. The van der Waals surface area contributed by atoms with E-state index in [-0.39, 0.29) is 18.0 Å². The summed E-state index contributed by atoms with van der Waals surface area (Å²) in [6, 6.07) is 11.2. The van der Waals surface area contributed by atoms with Crippen LogP contribution in [0.3, 0.4) is 0 Å². The molecule has 2 aromatic rings. The van der Waals surface area contributed by atoms with Crippen molar-refractivity contribution in [3.8, 4) is 6.07 Å². The minimum atomic E-state index is -0.510. The second-order valence-corrected chi connectivity index (χ2v) is 5.99. The lowest BCUT2D eigenvalue weighted by Gasteiger charge is -2.08. The topological polar surface area (TPSA) is 52.9 Å². The Morgan fingerprint density at radius 2 is 2.00 bits per heavy atom. The number of amides is 1. The van der Waals surface area contributed by atoms with Crippen molar-refractivity contribution in [2.45, 2.75) is 6.54 Å². The third-order valence-corrected chi connectivity index (χ3v) is 3.95. The Morgan fingerprint density at radius 1 is 1.24 bits per heavy atom. The number of nitriles is 1. The first-order valence-electron chi connectivity index (χ1n) is 5.93. The molecule has 0 aromatic heterocycles. The monoisotopic (exact) mass is 410 g/mol. The van der Waals surface area contributed by atoms with Gasteiger partial charge in [-0.05, 0) is 46.3 Å². The van der Waals surface area contributed by atoms with E-state index < -0.39 is 5.82 Å². The normalized spacial score (nSPS) is 10.0. The molecule has 2 rings (SSSR count). The fourth-order valence-electron chi connectivity index (χ4n) is 1.70. The molecule has 0 atom stereocenters. The maximum absolute atomic E-state index is 13.7. The summed E-state index contributed by atoms with van der Waals surface area (Å²) >= 11 is 6.61. The minimum Gasteiger partial charge on any atom is -0.348 e. The molecule has 6 heteroatoms. The molecular weight excluding hydrogens is 403 g/mol. The van der Waals surface area contributed by atoms with Gasteiger partial charge in [0.1, 0.15) is 5.82 Å². The van der Waals surface area contributed by atoms with Crippen LogP contribution in [0, 0.1) is 17.1 Å². The van der Waals surface area contributed by atoms with Crippen LogP contribution >= 0.6 is 31.9 Å². The molecule has 0 saturated carbocycles. The van der Waals surface area contributed by atoms with Crippen molar-refractivity contribution in [3.63, 3.8) is 0 Å². The van der Waals surface area contributed by atoms with E-state index >= 15 is 0 Å². The highest BCUT2D eigenvalue weighted by atomic mass is 79.9. The molecule has 0 spiro atoms. The number of rotatable bonds is 3. The van der Waals surface area contributed by atoms with Crippen molar-refractivity contribution in [1.29, 1.82) is 5.26 Å². The Labute approximate surface area is 138 Å². The summed E-state index contributed by atoms with van der Waals surface area (Å²) in [6.45, 7) is 0.0544. The first kappa shape index (κ1) is 15.7. The Hall–Kier alpha value is -1.71. The van der Waals surface area contributed by atoms with Gasteiger partial charge in [-0.2, -0.15) is 5.26 Å². The Kier molecular flexibility index (Phi) is 5.10. The van der Waals surface area contributed by atoms with Crippen molar-refractivity contribution in [1.82, 2.24) is 5.32 Å². The summed E-state index contributed by atoms with van der Waals surface area (Å²) < 4.78 is 15.2. The molecule has 0 unspecified atom stereocenters. The van der Waals surface area contributed by atoms with Crippen LogP contribution in [0.2, 0.25) is 0 Å². The Morgan fingerprint density at radius 3 is 2.62 bits per heavy atom. The van der Waals surface area contributed by atoms with E-state index in [9.17, 15) is 9.18 Å². The van der Waals surface area contributed by atoms with Crippen LogP contribution in [0.5, 0.6) is 0 Å². The highest BCUT2D eigenvalue weighted by Gasteiger charge is 2.11. The predicted octanol–water partition coefficient (Wildman–Crippen LogP) is 4.15. The van der Waals surface area contributed by atoms with E-state index in [1.54, 1.807) is 18.2 Å². The SMILES string of the molecule is N#Cc1ccc(CNC(=O)c2ccc(Br)cc2Br)c(F)c1. The van der Waals surface area contributed by atoms with Crippen LogP contribution in [0.1, 0.15) is 21.5 Å². The van der Waals surface area contributed by atoms with Crippen molar-refractivity contribution >= 4 is 37.8 Å². The molecule has 0 fully saturated rings. The molecule has 1 N–H and O–H groups in total. The van der Waals surface area contributed by atoms with Crippen LogP contribution < -0.4 is 5.32 Å². The zero-order chi connectivity index (χ0) is 15.4. The Balaban J connectivity index is 2.09. The van der Waals surface area contributed by atoms with E-state index in [0.717, 1.165) is 10.5 Å². The predicted molar refractivity (Wildman–Crippen MR) is 84.1 cm³/mol. The lowest BCUT2D eigenvalue weighted by Crippen LogP contribution is -2.23. The van der Waals surface area contributed by atoms with E-state index in [4.69, 9.17) is 5.26 Å². The van der Waals surface area contributed by atoms with E-state index in [2.05, 4.69) is 37.2 Å². The maximum atomic E-state index is 13.7. The van der Waals surface area contributed by atoms with Crippen molar-refractivity contribution in [2.75, 3.05) is 0 Å². The largest absolute Gasteiger partial charge is 0.348 e. The Bertz CT molecular complexity index is 741. The molecule has 0 bridgehead atoms. The molecule has 0 aliphatic rings. The highest BCUT2D eigenvalue weighted by molar-refractivity contribution is 9.11. The minimum absolute atomic E-state index is 0.0544. The fourth-order valence-corrected chi connectivity index (χ4v) is 2.93. The van der Waals surface area contributed by atoms with Crippen LogP contribution in [0.25, 0.3) is 0 Å². The van der Waals surface area contributed by atoms with Gasteiger partial charge in [0.15, 0.2) is 0 Å². The summed E-state index contributed by atoms with van der Waals surface area (Å²) in [4.78, 5) is 12.1. The first-order chi connectivity index (χ1) is 10.0. The number of carbonyl (C=O) groups is 1. The number of nitrogens with zero attached hydrogens (tertiary/aromatic N) is 1. The molecule has 106 valence electrons. The summed E-state index contributed by atoms with van der Waals surface area (Å²) in [5.74, 6) is -0.817. The standard InChI is InChI=1S/C15H9Br2FN2O/c16-11-3-4-12(13(17)6-11)15(21)20-8-10-2-1-9(7-19)5-14(10)18/h1-6H,8H2,(H,20,21). The van der Waals surface area contributed by atoms with Crippen molar-refractivity contribution in [3.05, 3.63) is 67.9 Å². The third-order valence-electron chi connectivity index (χ3n) is 2.80. The quantitative estimate of drug-likeness (QED) is 0.824. The molecule has 1 amide bonds. The van der Waals surface area contributed by atoms with Gasteiger partial charge in [0.2, 0.25) is 0 Å². The average Bonchev–Trinajstić information content (AvgIpc) is 2.45. The summed E-state index contributed by atoms with van der Waals surface area (Å²) in [7, 11) is 0. The molecule has 0 heterocycles. The average molecular weight is 412 g/mol. The van der Waals surface area contributed by atoms with Gasteiger partial charge in [-0.1, -0.05) is 22.0 Å². The molecule has 0 saturated heterocycles. The molecule has 0 radical (unpaired) electrons. The smallest absolute Gasteiger partial charge is 0.252 e. The van der Waals surface area contributed by atoms with Crippen LogP contribution in [-0.4, -0.2) is 5.91 Å². The van der Waals surface area contributed by atoms with Crippen LogP contribution in [0.4, 0.5) is 4.39 Å². The third kappa shape index (κ3) is 3.90. The van der Waals surface area contributed by atoms with Gasteiger partial charge in [0, 0.05) is 21.1 Å². The summed E-state index contributed by atoms with van der Waals surface area (Å²) in [5.41, 5.74) is 1.04. The first-order valence-corrected chi connectivity index (χ1v) is 7.51. The van der Waals surface area contributed by atoms with Crippen LogP contribution in [0.15, 0.2) is 45.3 Å². The van der Waals surface area contributed by atoms with Gasteiger partial charge in [-0.3, -0.25) is 4.79 Å². The van der Waals surface area contributed by atoms with Gasteiger partial charge >= 0.3 is 0 Å². The number of nitrogens with one attached hydrogen (secondary N) is 1. The van der Waals surface area contributed by atoms with Gasteiger partial charge in [0.05, 0.1) is 17.2 Å². The van der Waals surface area contributed by atoms with Gasteiger partial charge < -0.3 is 5.32 Å². The van der Waals surface area contributed by atoms with Crippen molar-refractivity contribution < 1.29 is 9.18 Å². The van der Waals surface area contributed by atoms with E-state index in [1.165, 1.54) is 12.1 Å². The summed E-state index contributed by atoms with van der Waals surface area (Å²) in [6.07, 6.45) is 0. The molecule has 0 aliphatic heterocycles. The van der Waals surface area contributed by atoms with Gasteiger partial charge in [0.25, 0.3) is 5.91 Å². The number of benzene rings is 2. The zero-order valence-corrected chi connectivity index (χ0v) is 13.8.